The third kappa shape index (κ3) is 4.70. The Bertz CT molecular complexity index is 969. The molecule has 0 spiro atoms. The molecule has 0 radical (unpaired) electrons. The van der Waals surface area contributed by atoms with E-state index in [1.807, 2.05) is 24.3 Å². The molecule has 8 heteroatoms. The van der Waals surface area contributed by atoms with Crippen LogP contribution in [0.15, 0.2) is 39.1 Å². The van der Waals surface area contributed by atoms with Gasteiger partial charge in [0.2, 0.25) is 5.91 Å². The van der Waals surface area contributed by atoms with Crippen molar-refractivity contribution in [2.75, 3.05) is 12.9 Å². The highest BCUT2D eigenvalue weighted by Crippen LogP contribution is 2.35. The molecule has 1 atom stereocenters. The van der Waals surface area contributed by atoms with E-state index >= 15 is 0 Å². The summed E-state index contributed by atoms with van der Waals surface area (Å²) >= 11 is 2.91. The molecule has 1 N–H and O–H groups in total. The number of carbonyl (C=O) groups excluding carboxylic acids is 1. The lowest BCUT2D eigenvalue weighted by Crippen LogP contribution is -2.37. The Labute approximate surface area is 185 Å². The van der Waals surface area contributed by atoms with Crippen LogP contribution in [-0.4, -0.2) is 39.6 Å². The molecular weight excluding hydrogens is 418 g/mol. The second-order valence-electron chi connectivity index (χ2n) is 7.83. The number of nitrogens with zero attached hydrogens (tertiary/aromatic N) is 2. The molecule has 0 bridgehead atoms. The zero-order valence-electron chi connectivity index (χ0n) is 17.3. The fourth-order valence-electron chi connectivity index (χ4n) is 4.00. The van der Waals surface area contributed by atoms with Crippen molar-refractivity contribution in [2.24, 2.45) is 0 Å². The van der Waals surface area contributed by atoms with Gasteiger partial charge in [-0.2, -0.15) is 0 Å². The maximum Gasteiger partial charge on any atom is 0.272 e. The van der Waals surface area contributed by atoms with Crippen LogP contribution in [0.5, 0.6) is 5.75 Å². The Balaban J connectivity index is 1.59. The van der Waals surface area contributed by atoms with E-state index in [1.165, 1.54) is 31.0 Å². The lowest BCUT2D eigenvalue weighted by molar-refractivity contribution is -0.119. The number of rotatable bonds is 6. The van der Waals surface area contributed by atoms with E-state index in [4.69, 9.17) is 9.72 Å². The summed E-state index contributed by atoms with van der Waals surface area (Å²) in [6, 6.07) is 7.64. The number of methoxy groups -OCH3 is 1. The van der Waals surface area contributed by atoms with Gasteiger partial charge >= 0.3 is 0 Å². The lowest BCUT2D eigenvalue weighted by atomic mass is 9.95. The quantitative estimate of drug-likeness (QED) is 0.538. The number of carbonyl (C=O) groups is 1. The smallest absolute Gasteiger partial charge is 0.272 e. The van der Waals surface area contributed by atoms with Gasteiger partial charge in [0.1, 0.15) is 5.75 Å². The van der Waals surface area contributed by atoms with E-state index in [0.717, 1.165) is 36.4 Å². The molecule has 0 saturated heterocycles. The normalized spacial score (nSPS) is 18.8. The monoisotopic (exact) mass is 445 g/mol. The number of benzene rings is 1. The minimum Gasteiger partial charge on any atom is -0.497 e. The summed E-state index contributed by atoms with van der Waals surface area (Å²) in [6.45, 7) is 2.11. The first-order valence-corrected chi connectivity index (χ1v) is 12.3. The highest BCUT2D eigenvalue weighted by atomic mass is 32.2. The molecule has 30 heavy (non-hydrogen) atoms. The first kappa shape index (κ1) is 21.3. The zero-order chi connectivity index (χ0) is 21.1. The van der Waals surface area contributed by atoms with Crippen LogP contribution in [0.25, 0.3) is 5.69 Å². The number of hydrogen-bond donors (Lipinski definition) is 1. The van der Waals surface area contributed by atoms with Crippen molar-refractivity contribution in [2.45, 2.75) is 66.8 Å². The summed E-state index contributed by atoms with van der Waals surface area (Å²) in [5.41, 5.74) is 1.51. The van der Waals surface area contributed by atoms with E-state index in [2.05, 4.69) is 12.2 Å². The maximum atomic E-state index is 13.3. The van der Waals surface area contributed by atoms with Gasteiger partial charge in [0.05, 0.1) is 29.1 Å². The molecule has 6 nitrogen and oxygen atoms in total. The van der Waals surface area contributed by atoms with Crippen LogP contribution in [0.3, 0.4) is 0 Å². The van der Waals surface area contributed by atoms with Crippen molar-refractivity contribution in [1.29, 1.82) is 0 Å². The van der Waals surface area contributed by atoms with Crippen LogP contribution in [0.2, 0.25) is 0 Å². The molecule has 2 heterocycles. The summed E-state index contributed by atoms with van der Waals surface area (Å²) in [5, 5.41) is 4.04. The second-order valence-corrected chi connectivity index (χ2v) is 10.2. The van der Waals surface area contributed by atoms with Gasteiger partial charge in [0, 0.05) is 17.7 Å². The van der Waals surface area contributed by atoms with Gasteiger partial charge in [-0.1, -0.05) is 37.9 Å². The predicted molar refractivity (Wildman–Crippen MR) is 121 cm³/mol. The molecule has 1 aliphatic carbocycles. The van der Waals surface area contributed by atoms with Crippen LogP contribution in [0.4, 0.5) is 0 Å². The highest BCUT2D eigenvalue weighted by Gasteiger charge is 2.27. The molecular formula is C22H27N3O3S2. The van der Waals surface area contributed by atoms with Crippen molar-refractivity contribution in [3.8, 4) is 11.4 Å². The number of amides is 1. The topological polar surface area (TPSA) is 73.2 Å². The van der Waals surface area contributed by atoms with E-state index in [1.54, 1.807) is 23.4 Å². The van der Waals surface area contributed by atoms with Gasteiger partial charge in [0.15, 0.2) is 5.16 Å². The average Bonchev–Trinajstić information content (AvgIpc) is 3.14. The molecule has 1 unspecified atom stereocenters. The van der Waals surface area contributed by atoms with Crippen LogP contribution in [-0.2, 0) is 11.2 Å². The summed E-state index contributed by atoms with van der Waals surface area (Å²) in [7, 11) is 1.61. The average molecular weight is 446 g/mol. The Morgan fingerprint density at radius 2 is 2.00 bits per heavy atom. The van der Waals surface area contributed by atoms with Gasteiger partial charge in [0.25, 0.3) is 5.56 Å². The fourth-order valence-corrected chi connectivity index (χ4v) is 5.94. The largest absolute Gasteiger partial charge is 0.497 e. The molecule has 4 rings (SSSR count). The summed E-state index contributed by atoms with van der Waals surface area (Å²) < 4.78 is 6.87. The number of thioether (sulfide) groups is 2. The Hall–Kier alpha value is -1.93. The summed E-state index contributed by atoms with van der Waals surface area (Å²) in [4.78, 5) is 31.3. The number of aromatic nitrogens is 2. The highest BCUT2D eigenvalue weighted by molar-refractivity contribution is 8.00. The van der Waals surface area contributed by atoms with Crippen molar-refractivity contribution in [1.82, 2.24) is 14.9 Å². The third-order valence-corrected chi connectivity index (χ3v) is 7.67. The zero-order valence-corrected chi connectivity index (χ0v) is 19.0. The second kappa shape index (κ2) is 9.47. The number of nitrogens with one attached hydrogen (secondary N) is 1. The Morgan fingerprint density at radius 3 is 2.70 bits per heavy atom. The molecule has 1 aromatic heterocycles. The van der Waals surface area contributed by atoms with E-state index < -0.39 is 0 Å². The fraction of sp³-hybridized carbons (Fsp3) is 0.500. The van der Waals surface area contributed by atoms with Crippen molar-refractivity contribution < 1.29 is 9.53 Å². The van der Waals surface area contributed by atoms with Gasteiger partial charge < -0.3 is 10.1 Å². The molecule has 160 valence electrons. The molecule has 1 fully saturated rings. The van der Waals surface area contributed by atoms with Crippen molar-refractivity contribution in [3.05, 3.63) is 40.3 Å². The number of hydrogen-bond acceptors (Lipinski definition) is 6. The molecule has 1 saturated carbocycles. The first-order valence-electron chi connectivity index (χ1n) is 10.4. The number of ether oxygens (including phenoxy) is 1. The van der Waals surface area contributed by atoms with Crippen LogP contribution in [0, 0.1) is 0 Å². The SMILES string of the molecule is COc1ccc(-n2c(SCC(=O)NC3CCCCC3)nc3c(c2=O)SC(C)C3)cc1. The molecule has 1 amide bonds. The van der Waals surface area contributed by atoms with Crippen LogP contribution in [0.1, 0.15) is 44.7 Å². The molecule has 2 aliphatic rings. The van der Waals surface area contributed by atoms with Crippen molar-refractivity contribution >= 4 is 29.4 Å². The third-order valence-electron chi connectivity index (χ3n) is 5.51. The predicted octanol–water partition coefficient (Wildman–Crippen LogP) is 3.82. The molecule has 1 aliphatic heterocycles. The Kier molecular flexibility index (Phi) is 6.73. The first-order chi connectivity index (χ1) is 14.5. The van der Waals surface area contributed by atoms with E-state index in [-0.39, 0.29) is 23.3 Å². The van der Waals surface area contributed by atoms with E-state index in [9.17, 15) is 9.59 Å². The van der Waals surface area contributed by atoms with Gasteiger partial charge in [-0.15, -0.1) is 11.8 Å². The number of fused-ring (bicyclic) bond motifs is 1. The van der Waals surface area contributed by atoms with Crippen LogP contribution < -0.4 is 15.6 Å². The minimum atomic E-state index is -0.0605. The van der Waals surface area contributed by atoms with Crippen LogP contribution >= 0.6 is 23.5 Å². The van der Waals surface area contributed by atoms with E-state index in [0.29, 0.717) is 15.3 Å². The van der Waals surface area contributed by atoms with Gasteiger partial charge in [-0.3, -0.25) is 14.2 Å². The standard InChI is InChI=1S/C22H27N3O3S2/c1-14-12-18-20(30-14)21(27)25(16-8-10-17(28-2)11-9-16)22(24-18)29-13-19(26)23-15-6-4-3-5-7-15/h8-11,14-15H,3-7,12-13H2,1-2H3,(H,23,26). The maximum absolute atomic E-state index is 13.3. The van der Waals surface area contributed by atoms with Gasteiger partial charge in [-0.05, 0) is 37.1 Å². The van der Waals surface area contributed by atoms with Gasteiger partial charge in [-0.25, -0.2) is 4.98 Å². The molecule has 1 aromatic carbocycles. The molecule has 2 aromatic rings. The summed E-state index contributed by atoms with van der Waals surface area (Å²) in [5.74, 6) is 0.983. The van der Waals surface area contributed by atoms with Crippen molar-refractivity contribution in [3.63, 3.8) is 0 Å². The Morgan fingerprint density at radius 1 is 1.27 bits per heavy atom. The summed E-state index contributed by atoms with van der Waals surface area (Å²) in [6.07, 6.45) is 6.50. The lowest BCUT2D eigenvalue weighted by Gasteiger charge is -2.22. The minimum absolute atomic E-state index is 0.00525.